The number of aryl methyl sites for hydroxylation is 2. The van der Waals surface area contributed by atoms with Crippen molar-refractivity contribution in [1.29, 1.82) is 0 Å². The summed E-state index contributed by atoms with van der Waals surface area (Å²) in [5.74, 6) is 2.25. The molecule has 0 bridgehead atoms. The standard InChI is InChI=1S/C14H21NOS/c1-8-9(2)17-13(15-8)7-12(16)14-10-5-3-4-6-11(10)14/h10-12,14,16H,3-7H2,1-2H3. The number of fused-ring (bicyclic) bond motifs is 1. The molecule has 17 heavy (non-hydrogen) atoms. The van der Waals surface area contributed by atoms with Crippen LogP contribution in [0.15, 0.2) is 0 Å². The summed E-state index contributed by atoms with van der Waals surface area (Å²) in [5.41, 5.74) is 1.13. The van der Waals surface area contributed by atoms with Gasteiger partial charge in [0.05, 0.1) is 16.8 Å². The molecule has 3 heteroatoms. The van der Waals surface area contributed by atoms with Crippen LogP contribution in [0.4, 0.5) is 0 Å². The van der Waals surface area contributed by atoms with E-state index in [9.17, 15) is 5.11 Å². The average Bonchev–Trinajstić information content (AvgIpc) is 2.94. The molecule has 0 aromatic carbocycles. The van der Waals surface area contributed by atoms with Crippen LogP contribution in [0.25, 0.3) is 0 Å². The first-order valence-electron chi connectivity index (χ1n) is 6.78. The van der Waals surface area contributed by atoms with Gasteiger partial charge >= 0.3 is 0 Å². The first-order valence-corrected chi connectivity index (χ1v) is 7.59. The van der Waals surface area contributed by atoms with Gasteiger partial charge in [-0.25, -0.2) is 4.98 Å². The van der Waals surface area contributed by atoms with Gasteiger partial charge in [-0.15, -0.1) is 11.3 Å². The lowest BCUT2D eigenvalue weighted by Crippen LogP contribution is -2.15. The summed E-state index contributed by atoms with van der Waals surface area (Å²) in [6.07, 6.45) is 6.08. The number of hydrogen-bond acceptors (Lipinski definition) is 3. The zero-order chi connectivity index (χ0) is 12.0. The van der Waals surface area contributed by atoms with E-state index in [0.29, 0.717) is 5.92 Å². The molecule has 1 heterocycles. The molecule has 94 valence electrons. The second-order valence-electron chi connectivity index (χ2n) is 5.71. The zero-order valence-electron chi connectivity index (χ0n) is 10.6. The number of rotatable bonds is 3. The molecule has 2 aliphatic carbocycles. The first kappa shape index (κ1) is 11.7. The second-order valence-corrected chi connectivity index (χ2v) is 7.00. The molecule has 1 aromatic heterocycles. The van der Waals surface area contributed by atoms with Crippen molar-refractivity contribution in [3.05, 3.63) is 15.6 Å². The lowest BCUT2D eigenvalue weighted by molar-refractivity contribution is 0.140. The molecular formula is C14H21NOS. The number of aliphatic hydroxyl groups is 1. The molecule has 1 aromatic rings. The fourth-order valence-corrected chi connectivity index (χ4v) is 4.54. The third-order valence-electron chi connectivity index (χ3n) is 4.62. The Morgan fingerprint density at radius 3 is 2.47 bits per heavy atom. The van der Waals surface area contributed by atoms with Gasteiger partial charge in [-0.05, 0) is 44.4 Å². The third-order valence-corrected chi connectivity index (χ3v) is 5.72. The minimum Gasteiger partial charge on any atom is -0.392 e. The topological polar surface area (TPSA) is 33.1 Å². The van der Waals surface area contributed by atoms with Crippen molar-refractivity contribution in [2.75, 3.05) is 0 Å². The Hall–Kier alpha value is -0.410. The van der Waals surface area contributed by atoms with Gasteiger partial charge in [0.15, 0.2) is 0 Å². The van der Waals surface area contributed by atoms with Crippen LogP contribution >= 0.6 is 11.3 Å². The number of nitrogens with zero attached hydrogens (tertiary/aromatic N) is 1. The van der Waals surface area contributed by atoms with Gasteiger partial charge in [-0.1, -0.05) is 12.8 Å². The third kappa shape index (κ3) is 2.15. The van der Waals surface area contributed by atoms with Crippen molar-refractivity contribution in [3.63, 3.8) is 0 Å². The molecule has 2 fully saturated rings. The SMILES string of the molecule is Cc1nc(CC(O)C2C3CCCCC32)sc1C. The molecule has 0 amide bonds. The molecular weight excluding hydrogens is 230 g/mol. The van der Waals surface area contributed by atoms with Gasteiger partial charge in [0.2, 0.25) is 0 Å². The van der Waals surface area contributed by atoms with Crippen LogP contribution in [-0.4, -0.2) is 16.2 Å². The molecule has 2 aliphatic rings. The Labute approximate surface area is 107 Å². The molecule has 0 spiro atoms. The van der Waals surface area contributed by atoms with Crippen LogP contribution in [0.1, 0.15) is 41.3 Å². The minimum absolute atomic E-state index is 0.145. The van der Waals surface area contributed by atoms with Gasteiger partial charge in [0.25, 0.3) is 0 Å². The van der Waals surface area contributed by atoms with E-state index in [1.54, 1.807) is 11.3 Å². The maximum absolute atomic E-state index is 10.3. The molecule has 3 atom stereocenters. The number of hydrogen-bond donors (Lipinski definition) is 1. The summed E-state index contributed by atoms with van der Waals surface area (Å²) in [6, 6.07) is 0. The highest BCUT2D eigenvalue weighted by atomic mass is 32.1. The van der Waals surface area contributed by atoms with Crippen molar-refractivity contribution < 1.29 is 5.11 Å². The fraction of sp³-hybridized carbons (Fsp3) is 0.786. The lowest BCUT2D eigenvalue weighted by atomic mass is 10.0. The Morgan fingerprint density at radius 1 is 1.29 bits per heavy atom. The highest BCUT2D eigenvalue weighted by molar-refractivity contribution is 7.11. The van der Waals surface area contributed by atoms with E-state index in [-0.39, 0.29) is 6.10 Å². The Balaban J connectivity index is 1.62. The van der Waals surface area contributed by atoms with Crippen LogP contribution in [0.2, 0.25) is 0 Å². The van der Waals surface area contributed by atoms with Crippen molar-refractivity contribution >= 4 is 11.3 Å². The largest absolute Gasteiger partial charge is 0.392 e. The Bertz CT molecular complexity index is 383. The summed E-state index contributed by atoms with van der Waals surface area (Å²) in [6.45, 7) is 4.17. The van der Waals surface area contributed by atoms with Gasteiger partial charge in [0.1, 0.15) is 0 Å². The van der Waals surface area contributed by atoms with Gasteiger partial charge in [-0.3, -0.25) is 0 Å². The van der Waals surface area contributed by atoms with Crippen molar-refractivity contribution in [2.45, 2.75) is 52.1 Å². The van der Waals surface area contributed by atoms with Crippen molar-refractivity contribution in [3.8, 4) is 0 Å². The number of thiazole rings is 1. The van der Waals surface area contributed by atoms with Gasteiger partial charge < -0.3 is 5.11 Å². The summed E-state index contributed by atoms with van der Waals surface area (Å²) >= 11 is 1.75. The van der Waals surface area contributed by atoms with E-state index in [0.717, 1.165) is 29.0 Å². The predicted octanol–water partition coefficient (Wildman–Crippen LogP) is 3.10. The molecule has 3 unspecified atom stereocenters. The molecule has 2 nitrogen and oxygen atoms in total. The van der Waals surface area contributed by atoms with Crippen molar-refractivity contribution in [2.24, 2.45) is 17.8 Å². The van der Waals surface area contributed by atoms with Crippen molar-refractivity contribution in [1.82, 2.24) is 4.98 Å². The van der Waals surface area contributed by atoms with Crippen LogP contribution in [0, 0.1) is 31.6 Å². The molecule has 2 saturated carbocycles. The first-order chi connectivity index (χ1) is 8.16. The monoisotopic (exact) mass is 251 g/mol. The molecule has 0 radical (unpaired) electrons. The minimum atomic E-state index is -0.145. The quantitative estimate of drug-likeness (QED) is 0.895. The van der Waals surface area contributed by atoms with E-state index in [4.69, 9.17) is 0 Å². The molecule has 3 rings (SSSR count). The highest BCUT2D eigenvalue weighted by Crippen LogP contribution is 2.57. The number of aromatic nitrogens is 1. The smallest absolute Gasteiger partial charge is 0.0956 e. The summed E-state index contributed by atoms with van der Waals surface area (Å²) in [4.78, 5) is 5.83. The maximum atomic E-state index is 10.3. The van der Waals surface area contributed by atoms with Gasteiger partial charge in [0, 0.05) is 11.3 Å². The maximum Gasteiger partial charge on any atom is 0.0956 e. The molecule has 0 saturated heterocycles. The molecule has 0 aliphatic heterocycles. The zero-order valence-corrected chi connectivity index (χ0v) is 11.5. The Kier molecular flexibility index (Phi) is 2.99. The normalized spacial score (nSPS) is 33.2. The summed E-state index contributed by atoms with van der Waals surface area (Å²) in [7, 11) is 0. The number of aliphatic hydroxyl groups excluding tert-OH is 1. The second kappa shape index (κ2) is 4.36. The van der Waals surface area contributed by atoms with E-state index < -0.39 is 0 Å². The predicted molar refractivity (Wildman–Crippen MR) is 70.2 cm³/mol. The van der Waals surface area contributed by atoms with Crippen LogP contribution in [0.5, 0.6) is 0 Å². The summed E-state index contributed by atoms with van der Waals surface area (Å²) in [5, 5.41) is 11.5. The van der Waals surface area contributed by atoms with Crippen LogP contribution in [0.3, 0.4) is 0 Å². The van der Waals surface area contributed by atoms with Gasteiger partial charge in [-0.2, -0.15) is 0 Å². The highest BCUT2D eigenvalue weighted by Gasteiger charge is 2.53. The van der Waals surface area contributed by atoms with E-state index in [2.05, 4.69) is 18.8 Å². The average molecular weight is 251 g/mol. The van der Waals surface area contributed by atoms with E-state index in [1.165, 1.54) is 30.6 Å². The Morgan fingerprint density at radius 2 is 1.94 bits per heavy atom. The van der Waals surface area contributed by atoms with E-state index >= 15 is 0 Å². The van der Waals surface area contributed by atoms with E-state index in [1.807, 2.05) is 0 Å². The van der Waals surface area contributed by atoms with Crippen LogP contribution < -0.4 is 0 Å². The van der Waals surface area contributed by atoms with Crippen LogP contribution in [-0.2, 0) is 6.42 Å². The lowest BCUT2D eigenvalue weighted by Gasteiger charge is -2.07. The summed E-state index contributed by atoms with van der Waals surface area (Å²) < 4.78 is 0. The molecule has 1 N–H and O–H groups in total. The fourth-order valence-electron chi connectivity index (χ4n) is 3.56.